The molecule has 0 bridgehead atoms. The number of hydrogen-bond acceptors (Lipinski definition) is 10. The first-order valence-electron chi connectivity index (χ1n) is 15.0. The second kappa shape index (κ2) is 24.0. The zero-order valence-corrected chi connectivity index (χ0v) is 25.5. The van der Waals surface area contributed by atoms with Crippen LogP contribution in [0.1, 0.15) is 115 Å². The summed E-state index contributed by atoms with van der Waals surface area (Å²) < 4.78 is 36.2. The maximum atomic E-state index is 12.1. The van der Waals surface area contributed by atoms with Gasteiger partial charge in [0.1, 0.15) is 12.4 Å². The molecule has 1 heterocycles. The number of nitrogens with one attached hydrogen (secondary N) is 3. The number of H-pyrrole nitrogens is 1. The molecule has 0 spiro atoms. The van der Waals surface area contributed by atoms with Crippen LogP contribution in [0.4, 0.5) is 0 Å². The lowest BCUT2D eigenvalue weighted by atomic mass is 10.0. The molecule has 0 atom stereocenters. The van der Waals surface area contributed by atoms with Crippen LogP contribution >= 0.6 is 0 Å². The normalized spacial score (nSPS) is 11.3. The molecule has 41 heavy (non-hydrogen) atoms. The van der Waals surface area contributed by atoms with Crippen LogP contribution in [0.5, 0.6) is 0 Å². The summed E-state index contributed by atoms with van der Waals surface area (Å²) in [6, 6.07) is 0. The molecule has 1 aromatic heterocycles. The van der Waals surface area contributed by atoms with Crippen LogP contribution in [-0.2, 0) is 40.3 Å². The zero-order valence-electron chi connectivity index (χ0n) is 24.7. The Bertz CT molecular complexity index is 929. The van der Waals surface area contributed by atoms with E-state index < -0.39 is 15.9 Å². The van der Waals surface area contributed by atoms with E-state index in [0.717, 1.165) is 37.9 Å². The number of carbonyl (C=O) groups is 3. The molecule has 0 aliphatic rings. The molecule has 236 valence electrons. The molecular weight excluding hydrogens is 552 g/mol. The number of aryl methyl sites for hydroxylation is 1. The molecule has 14 heteroatoms. The number of rotatable bonds is 27. The average molecular weight is 603 g/mol. The summed E-state index contributed by atoms with van der Waals surface area (Å²) in [5.74, 6) is -0.585. The first kappa shape index (κ1) is 36.4. The summed E-state index contributed by atoms with van der Waals surface area (Å²) in [5, 5.41) is 16.4. The number of unbranched alkanes of at least 4 members (excludes halogenated alkanes) is 12. The standard InChI is InChI=1S/C27H50N6O7S/c1-24(34)40-22-21-39-20-19-28-26(35)18-15-23-41(37,38)31-27(36)17-14-12-10-8-6-4-2-3-5-7-9-11-13-16-25-29-32-33-30-25/h2-23H2,1H3,(H,28,35)(H,31,36)(H,29,30,32,33). The van der Waals surface area contributed by atoms with Gasteiger partial charge in [0, 0.05) is 32.7 Å². The molecule has 13 nitrogen and oxygen atoms in total. The Hall–Kier alpha value is -2.61. The van der Waals surface area contributed by atoms with Gasteiger partial charge in [0.25, 0.3) is 0 Å². The summed E-state index contributed by atoms with van der Waals surface area (Å²) in [4.78, 5) is 34.4. The highest BCUT2D eigenvalue weighted by atomic mass is 32.2. The Morgan fingerprint density at radius 1 is 0.756 bits per heavy atom. The van der Waals surface area contributed by atoms with Crippen LogP contribution in [0.15, 0.2) is 0 Å². The van der Waals surface area contributed by atoms with Gasteiger partial charge in [0.05, 0.1) is 19.0 Å². The van der Waals surface area contributed by atoms with Gasteiger partial charge in [-0.25, -0.2) is 13.5 Å². The number of sulfonamides is 1. The third-order valence-electron chi connectivity index (χ3n) is 6.39. The highest BCUT2D eigenvalue weighted by Gasteiger charge is 2.15. The van der Waals surface area contributed by atoms with Gasteiger partial charge in [0.2, 0.25) is 21.8 Å². The van der Waals surface area contributed by atoms with E-state index in [2.05, 4.69) is 30.7 Å². The predicted molar refractivity (Wildman–Crippen MR) is 154 cm³/mol. The van der Waals surface area contributed by atoms with E-state index >= 15 is 0 Å². The first-order chi connectivity index (χ1) is 19.8. The van der Waals surface area contributed by atoms with E-state index in [4.69, 9.17) is 9.47 Å². The molecule has 0 saturated carbocycles. The molecule has 0 unspecified atom stereocenters. The van der Waals surface area contributed by atoms with E-state index in [-0.39, 0.29) is 63.3 Å². The topological polar surface area (TPSA) is 182 Å². The Kier molecular flexibility index (Phi) is 21.3. The molecule has 0 aliphatic heterocycles. The molecule has 3 N–H and O–H groups in total. The van der Waals surface area contributed by atoms with Crippen LogP contribution < -0.4 is 10.0 Å². The van der Waals surface area contributed by atoms with E-state index in [9.17, 15) is 22.8 Å². The SMILES string of the molecule is CC(=O)OCCOCCNC(=O)CCCS(=O)(=O)NC(=O)CCCCCCCCCCCCCCCc1nnn[nH]1. The van der Waals surface area contributed by atoms with Crippen LogP contribution in [0.3, 0.4) is 0 Å². The van der Waals surface area contributed by atoms with Crippen molar-refractivity contribution in [3.63, 3.8) is 0 Å². The molecule has 0 radical (unpaired) electrons. The lowest BCUT2D eigenvalue weighted by Gasteiger charge is -2.08. The molecule has 1 aromatic rings. The molecule has 2 amide bonds. The van der Waals surface area contributed by atoms with Crippen molar-refractivity contribution in [3.05, 3.63) is 5.82 Å². The fourth-order valence-corrected chi connectivity index (χ4v) is 5.28. The number of amides is 2. The van der Waals surface area contributed by atoms with E-state index in [1.165, 1.54) is 58.3 Å². The van der Waals surface area contributed by atoms with Crippen molar-refractivity contribution in [1.29, 1.82) is 0 Å². The van der Waals surface area contributed by atoms with Crippen LogP contribution in [0, 0.1) is 0 Å². The van der Waals surface area contributed by atoms with E-state index in [1.807, 2.05) is 0 Å². The quantitative estimate of drug-likeness (QED) is 0.0999. The Balaban J connectivity index is 1.87. The number of hydrogen-bond donors (Lipinski definition) is 3. The second-order valence-corrected chi connectivity index (χ2v) is 12.0. The monoisotopic (exact) mass is 602 g/mol. The number of aromatic nitrogens is 4. The fourth-order valence-electron chi connectivity index (χ4n) is 4.20. The Morgan fingerprint density at radius 2 is 1.34 bits per heavy atom. The largest absolute Gasteiger partial charge is 0.463 e. The number of esters is 1. The van der Waals surface area contributed by atoms with Crippen molar-refractivity contribution in [2.45, 2.75) is 116 Å². The average Bonchev–Trinajstić information content (AvgIpc) is 3.43. The highest BCUT2D eigenvalue weighted by Crippen LogP contribution is 2.13. The third-order valence-corrected chi connectivity index (χ3v) is 7.76. The summed E-state index contributed by atoms with van der Waals surface area (Å²) >= 11 is 0. The minimum atomic E-state index is -3.75. The van der Waals surface area contributed by atoms with Crippen LogP contribution in [0.25, 0.3) is 0 Å². The van der Waals surface area contributed by atoms with Crippen molar-refractivity contribution >= 4 is 27.8 Å². The van der Waals surface area contributed by atoms with Crippen LogP contribution in [0.2, 0.25) is 0 Å². The molecule has 1 rings (SSSR count). The number of tetrazole rings is 1. The number of aromatic amines is 1. The van der Waals surface area contributed by atoms with Gasteiger partial charge in [-0.15, -0.1) is 5.10 Å². The van der Waals surface area contributed by atoms with Gasteiger partial charge >= 0.3 is 5.97 Å². The van der Waals surface area contributed by atoms with E-state index in [0.29, 0.717) is 6.42 Å². The maximum absolute atomic E-state index is 12.1. The lowest BCUT2D eigenvalue weighted by Crippen LogP contribution is -2.33. The van der Waals surface area contributed by atoms with Crippen molar-refractivity contribution in [1.82, 2.24) is 30.7 Å². The molecular formula is C27H50N6O7S. The van der Waals surface area contributed by atoms with Gasteiger partial charge in [-0.05, 0) is 29.7 Å². The minimum Gasteiger partial charge on any atom is -0.463 e. The van der Waals surface area contributed by atoms with Crippen molar-refractivity contribution in [2.75, 3.05) is 32.1 Å². The summed E-state index contributed by atoms with van der Waals surface area (Å²) in [5.41, 5.74) is 0. The highest BCUT2D eigenvalue weighted by molar-refractivity contribution is 7.90. The van der Waals surface area contributed by atoms with Crippen molar-refractivity contribution in [3.8, 4) is 0 Å². The second-order valence-electron chi connectivity index (χ2n) is 10.2. The number of nitrogens with zero attached hydrogens (tertiary/aromatic N) is 3. The van der Waals surface area contributed by atoms with Gasteiger partial charge < -0.3 is 14.8 Å². The summed E-state index contributed by atoms with van der Waals surface area (Å²) in [7, 11) is -3.75. The van der Waals surface area contributed by atoms with Gasteiger partial charge in [-0.1, -0.05) is 70.6 Å². The summed E-state index contributed by atoms with van der Waals surface area (Å²) in [6.45, 7) is 2.23. The van der Waals surface area contributed by atoms with Crippen molar-refractivity contribution in [2.24, 2.45) is 0 Å². The van der Waals surface area contributed by atoms with Gasteiger partial charge in [0.15, 0.2) is 0 Å². The third kappa shape index (κ3) is 23.8. The number of ether oxygens (including phenoxy) is 2. The van der Waals surface area contributed by atoms with Gasteiger partial charge in [-0.3, -0.25) is 19.1 Å². The van der Waals surface area contributed by atoms with Gasteiger partial charge in [-0.2, -0.15) is 0 Å². The smallest absolute Gasteiger partial charge is 0.302 e. The minimum absolute atomic E-state index is 0.0339. The molecule has 0 aromatic carbocycles. The lowest BCUT2D eigenvalue weighted by molar-refractivity contribution is -0.142. The molecule has 0 aliphatic carbocycles. The fraction of sp³-hybridized carbons (Fsp3) is 0.852. The Labute approximate surface area is 244 Å². The van der Waals surface area contributed by atoms with E-state index in [1.54, 1.807) is 0 Å². The number of carbonyl (C=O) groups excluding carboxylic acids is 3. The first-order valence-corrected chi connectivity index (χ1v) is 16.7. The summed E-state index contributed by atoms with van der Waals surface area (Å²) in [6.07, 6.45) is 16.1. The maximum Gasteiger partial charge on any atom is 0.302 e. The predicted octanol–water partition coefficient (Wildman–Crippen LogP) is 3.13. The molecule has 0 fully saturated rings. The Morgan fingerprint density at radius 3 is 1.93 bits per heavy atom. The van der Waals surface area contributed by atoms with Crippen molar-refractivity contribution < 1.29 is 32.3 Å². The zero-order chi connectivity index (χ0) is 30.0. The van der Waals surface area contributed by atoms with Crippen LogP contribution in [-0.4, -0.2) is 78.9 Å². The molecule has 0 saturated heterocycles.